The van der Waals surface area contributed by atoms with Gasteiger partial charge in [0.25, 0.3) is 0 Å². The average molecular weight is 304 g/mol. The summed E-state index contributed by atoms with van der Waals surface area (Å²) in [5.41, 5.74) is 0.324. The van der Waals surface area contributed by atoms with Gasteiger partial charge in [-0.2, -0.15) is 0 Å². The van der Waals surface area contributed by atoms with E-state index in [1.807, 2.05) is 6.92 Å². The Labute approximate surface area is 119 Å². The van der Waals surface area contributed by atoms with E-state index in [0.717, 1.165) is 0 Å². The minimum Gasteiger partial charge on any atom is -0.382 e. The fourth-order valence-electron chi connectivity index (χ4n) is 1.65. The van der Waals surface area contributed by atoms with Gasteiger partial charge >= 0.3 is 0 Å². The molecule has 0 bridgehead atoms. The number of sulfonamides is 1. The fourth-order valence-corrected chi connectivity index (χ4v) is 2.78. The molecule has 2 N–H and O–H groups in total. The van der Waals surface area contributed by atoms with Crippen LogP contribution in [0.1, 0.15) is 18.9 Å². The zero-order valence-corrected chi connectivity index (χ0v) is 12.6. The van der Waals surface area contributed by atoms with E-state index in [-0.39, 0.29) is 11.4 Å². The number of ether oxygens (including phenoxy) is 1. The summed E-state index contributed by atoms with van der Waals surface area (Å²) >= 11 is 0. The Kier molecular flexibility index (Phi) is 7.08. The average Bonchev–Trinajstić information content (AvgIpc) is 2.41. The molecule has 0 unspecified atom stereocenters. The Hall–Kier alpha value is -1.02. The van der Waals surface area contributed by atoms with Crippen LogP contribution in [0.2, 0.25) is 0 Å². The topological polar surface area (TPSA) is 67.4 Å². The van der Waals surface area contributed by atoms with Gasteiger partial charge in [-0.05, 0) is 38.6 Å². The second kappa shape index (κ2) is 8.31. The summed E-state index contributed by atoms with van der Waals surface area (Å²) in [7, 11) is -1.93. The lowest BCUT2D eigenvalue weighted by molar-refractivity contribution is 0.146. The highest BCUT2D eigenvalue weighted by atomic mass is 32.2. The SMILES string of the molecule is CCOCCCNS(=O)(=O)c1ccc(F)c(CNC)c1. The molecule has 0 fully saturated rings. The number of hydrogen-bond acceptors (Lipinski definition) is 4. The molecule has 7 heteroatoms. The molecule has 0 atom stereocenters. The predicted molar refractivity (Wildman–Crippen MR) is 75.5 cm³/mol. The van der Waals surface area contributed by atoms with E-state index < -0.39 is 15.8 Å². The third-order valence-corrected chi connectivity index (χ3v) is 4.12. The van der Waals surface area contributed by atoms with Crippen LogP contribution in [-0.4, -0.2) is 35.2 Å². The lowest BCUT2D eigenvalue weighted by Gasteiger charge is -2.09. The first-order valence-electron chi connectivity index (χ1n) is 6.51. The van der Waals surface area contributed by atoms with E-state index in [1.54, 1.807) is 7.05 Å². The Morgan fingerprint density at radius 2 is 2.10 bits per heavy atom. The predicted octanol–water partition coefficient (Wildman–Crippen LogP) is 1.25. The van der Waals surface area contributed by atoms with Gasteiger partial charge in [-0.15, -0.1) is 0 Å². The lowest BCUT2D eigenvalue weighted by atomic mass is 10.2. The molecular formula is C13H21FN2O3S. The third-order valence-electron chi connectivity index (χ3n) is 2.66. The Balaban J connectivity index is 2.69. The maximum Gasteiger partial charge on any atom is 0.240 e. The summed E-state index contributed by atoms with van der Waals surface area (Å²) in [4.78, 5) is 0.0700. The van der Waals surface area contributed by atoms with Crippen molar-refractivity contribution in [2.45, 2.75) is 24.8 Å². The highest BCUT2D eigenvalue weighted by Crippen LogP contribution is 2.15. The van der Waals surface area contributed by atoms with Crippen molar-refractivity contribution in [2.24, 2.45) is 0 Å². The van der Waals surface area contributed by atoms with E-state index in [4.69, 9.17) is 4.74 Å². The summed E-state index contributed by atoms with van der Waals surface area (Å²) in [5, 5.41) is 2.80. The van der Waals surface area contributed by atoms with E-state index in [9.17, 15) is 12.8 Å². The maximum absolute atomic E-state index is 13.5. The van der Waals surface area contributed by atoms with Crippen molar-refractivity contribution in [3.8, 4) is 0 Å². The standard InChI is InChI=1S/C13H21FN2O3S/c1-3-19-8-4-7-16-20(17,18)12-5-6-13(14)11(9-12)10-15-2/h5-6,9,15-16H,3-4,7-8,10H2,1-2H3. The molecule has 0 aliphatic rings. The molecule has 0 saturated heterocycles. The molecule has 0 amide bonds. The van der Waals surface area contributed by atoms with Crippen LogP contribution in [0.4, 0.5) is 4.39 Å². The minimum atomic E-state index is -3.61. The molecule has 0 saturated carbocycles. The number of halogens is 1. The normalized spacial score (nSPS) is 11.8. The van der Waals surface area contributed by atoms with Crippen molar-refractivity contribution in [1.82, 2.24) is 10.0 Å². The Bertz CT molecular complexity index is 520. The molecule has 1 aromatic carbocycles. The van der Waals surface area contributed by atoms with E-state index >= 15 is 0 Å². The highest BCUT2D eigenvalue weighted by molar-refractivity contribution is 7.89. The first kappa shape index (κ1) is 17.0. The number of hydrogen-bond donors (Lipinski definition) is 2. The molecule has 114 valence electrons. The molecule has 1 aromatic rings. The molecule has 0 aliphatic carbocycles. The van der Waals surface area contributed by atoms with Gasteiger partial charge in [-0.3, -0.25) is 0 Å². The molecule has 0 aromatic heterocycles. The quantitative estimate of drug-likeness (QED) is 0.674. The molecular weight excluding hydrogens is 283 g/mol. The van der Waals surface area contributed by atoms with Gasteiger partial charge in [-0.1, -0.05) is 0 Å². The first-order chi connectivity index (χ1) is 9.51. The maximum atomic E-state index is 13.5. The van der Waals surface area contributed by atoms with Crippen LogP contribution in [-0.2, 0) is 21.3 Å². The number of rotatable bonds is 9. The summed E-state index contributed by atoms with van der Waals surface area (Å²) in [6.07, 6.45) is 0.595. The summed E-state index contributed by atoms with van der Waals surface area (Å²) in [6.45, 7) is 3.57. The van der Waals surface area contributed by atoms with Crippen LogP contribution in [0.25, 0.3) is 0 Å². The van der Waals surface area contributed by atoms with Crippen LogP contribution in [0.5, 0.6) is 0 Å². The van der Waals surface area contributed by atoms with E-state index in [2.05, 4.69) is 10.0 Å². The summed E-state index contributed by atoms with van der Waals surface area (Å²) < 4.78 is 45.1. The van der Waals surface area contributed by atoms with Crippen molar-refractivity contribution in [3.63, 3.8) is 0 Å². The van der Waals surface area contributed by atoms with Crippen LogP contribution in [0.3, 0.4) is 0 Å². The smallest absolute Gasteiger partial charge is 0.240 e. The van der Waals surface area contributed by atoms with E-state index in [1.165, 1.54) is 18.2 Å². The van der Waals surface area contributed by atoms with Gasteiger partial charge in [0, 0.05) is 31.9 Å². The zero-order valence-electron chi connectivity index (χ0n) is 11.8. The van der Waals surface area contributed by atoms with Crippen molar-refractivity contribution < 1.29 is 17.5 Å². The highest BCUT2D eigenvalue weighted by Gasteiger charge is 2.15. The molecule has 0 heterocycles. The molecule has 1 rings (SSSR count). The summed E-state index contributed by atoms with van der Waals surface area (Å²) in [5.74, 6) is -0.422. The van der Waals surface area contributed by atoms with Gasteiger partial charge in [0.05, 0.1) is 4.90 Å². The molecule has 5 nitrogen and oxygen atoms in total. The van der Waals surface area contributed by atoms with Crippen molar-refractivity contribution in [3.05, 3.63) is 29.6 Å². The monoisotopic (exact) mass is 304 g/mol. The van der Waals surface area contributed by atoms with Crippen molar-refractivity contribution >= 4 is 10.0 Å². The van der Waals surface area contributed by atoms with Gasteiger partial charge in [0.15, 0.2) is 0 Å². The zero-order chi connectivity index (χ0) is 15.0. The molecule has 0 aliphatic heterocycles. The molecule has 20 heavy (non-hydrogen) atoms. The number of nitrogens with one attached hydrogen (secondary N) is 2. The number of benzene rings is 1. The van der Waals surface area contributed by atoms with Gasteiger partial charge in [0.1, 0.15) is 5.82 Å². The minimum absolute atomic E-state index is 0.0700. The second-order valence-corrected chi connectivity index (χ2v) is 6.00. The lowest BCUT2D eigenvalue weighted by Crippen LogP contribution is -2.26. The molecule has 0 spiro atoms. The van der Waals surface area contributed by atoms with E-state index in [0.29, 0.717) is 31.7 Å². The van der Waals surface area contributed by atoms with Crippen LogP contribution in [0.15, 0.2) is 23.1 Å². The van der Waals surface area contributed by atoms with Crippen molar-refractivity contribution in [1.29, 1.82) is 0 Å². The third kappa shape index (κ3) is 5.16. The van der Waals surface area contributed by atoms with Gasteiger partial charge in [-0.25, -0.2) is 17.5 Å². The van der Waals surface area contributed by atoms with Crippen LogP contribution >= 0.6 is 0 Å². The Morgan fingerprint density at radius 1 is 1.35 bits per heavy atom. The summed E-state index contributed by atoms with van der Waals surface area (Å²) in [6, 6.07) is 3.78. The fraction of sp³-hybridized carbons (Fsp3) is 0.538. The van der Waals surface area contributed by atoms with Gasteiger partial charge in [0.2, 0.25) is 10.0 Å². The first-order valence-corrected chi connectivity index (χ1v) is 8.00. The van der Waals surface area contributed by atoms with Crippen molar-refractivity contribution in [2.75, 3.05) is 26.8 Å². The largest absolute Gasteiger partial charge is 0.382 e. The Morgan fingerprint density at radius 3 is 2.75 bits per heavy atom. The van der Waals surface area contributed by atoms with Crippen LogP contribution < -0.4 is 10.0 Å². The van der Waals surface area contributed by atoms with Gasteiger partial charge < -0.3 is 10.1 Å². The second-order valence-electron chi connectivity index (χ2n) is 4.23. The van der Waals surface area contributed by atoms with Crippen LogP contribution in [0, 0.1) is 5.82 Å². The molecule has 0 radical (unpaired) electrons.